The molecule has 1 heterocycles. The van der Waals surface area contributed by atoms with Gasteiger partial charge in [-0.05, 0) is 45.0 Å². The van der Waals surface area contributed by atoms with Gasteiger partial charge in [-0.15, -0.1) is 6.42 Å². The van der Waals surface area contributed by atoms with Crippen molar-refractivity contribution < 1.29 is 14.3 Å². The number of aromatic nitrogens is 1. The number of fused-ring (bicyclic) bond motifs is 1. The van der Waals surface area contributed by atoms with Gasteiger partial charge in [0, 0.05) is 29.2 Å². The molecule has 6 heteroatoms. The van der Waals surface area contributed by atoms with Crippen molar-refractivity contribution in [2.45, 2.75) is 33.4 Å². The van der Waals surface area contributed by atoms with E-state index in [0.29, 0.717) is 11.4 Å². The van der Waals surface area contributed by atoms with E-state index < -0.39 is 6.09 Å². The number of nitrogens with one attached hydrogen (secondary N) is 1. The van der Waals surface area contributed by atoms with Gasteiger partial charge in [0.15, 0.2) is 6.61 Å². The Morgan fingerprint density at radius 3 is 2.76 bits per heavy atom. The largest absolute Gasteiger partial charge is 0.491 e. The van der Waals surface area contributed by atoms with Gasteiger partial charge in [-0.25, -0.2) is 4.79 Å². The SMILES string of the molecule is C#CCOC(=O)Nc1cccc(-c2c(N)c3ccc(OC(C)C)cc3n2CC)c1. The molecule has 6 nitrogen and oxygen atoms in total. The number of carbonyl (C=O) groups excluding carboxylic acids is 1. The number of amides is 1. The molecule has 2 aromatic carbocycles. The van der Waals surface area contributed by atoms with Gasteiger partial charge in [0.25, 0.3) is 0 Å². The number of nitrogen functional groups attached to an aromatic ring is 1. The van der Waals surface area contributed by atoms with Crippen molar-refractivity contribution in [1.29, 1.82) is 0 Å². The molecular weight excluding hydrogens is 366 g/mol. The molecule has 3 N–H and O–H groups in total. The van der Waals surface area contributed by atoms with Crippen molar-refractivity contribution in [2.24, 2.45) is 0 Å². The number of terminal acetylenes is 1. The van der Waals surface area contributed by atoms with E-state index in [0.717, 1.165) is 34.5 Å². The molecule has 0 saturated carbocycles. The van der Waals surface area contributed by atoms with Crippen molar-refractivity contribution in [3.8, 4) is 29.4 Å². The Bertz CT molecular complexity index is 1080. The summed E-state index contributed by atoms with van der Waals surface area (Å²) in [4.78, 5) is 11.8. The number of hydrogen-bond donors (Lipinski definition) is 2. The van der Waals surface area contributed by atoms with Crippen molar-refractivity contribution >= 4 is 28.4 Å². The third-order valence-corrected chi connectivity index (χ3v) is 4.43. The van der Waals surface area contributed by atoms with Crippen LogP contribution in [0.3, 0.4) is 0 Å². The first-order valence-corrected chi connectivity index (χ1v) is 9.50. The summed E-state index contributed by atoms with van der Waals surface area (Å²) in [5, 5.41) is 3.64. The molecule has 1 amide bonds. The molecular formula is C23H25N3O3. The van der Waals surface area contributed by atoms with E-state index in [-0.39, 0.29) is 12.7 Å². The first kappa shape index (κ1) is 20.2. The van der Waals surface area contributed by atoms with Crippen molar-refractivity contribution in [2.75, 3.05) is 17.7 Å². The highest BCUT2D eigenvalue weighted by molar-refractivity contribution is 6.02. The first-order valence-electron chi connectivity index (χ1n) is 9.50. The minimum absolute atomic E-state index is 0.0800. The van der Waals surface area contributed by atoms with Crippen LogP contribution in [0.1, 0.15) is 20.8 Å². The Morgan fingerprint density at radius 2 is 2.07 bits per heavy atom. The van der Waals surface area contributed by atoms with Crippen LogP contribution in [0.5, 0.6) is 5.75 Å². The Hall–Kier alpha value is -3.59. The molecule has 3 aromatic rings. The van der Waals surface area contributed by atoms with Crippen LogP contribution in [-0.4, -0.2) is 23.4 Å². The highest BCUT2D eigenvalue weighted by Gasteiger charge is 2.17. The second-order valence-corrected chi connectivity index (χ2v) is 6.84. The average molecular weight is 391 g/mol. The lowest BCUT2D eigenvalue weighted by Gasteiger charge is -2.12. The third kappa shape index (κ3) is 4.30. The van der Waals surface area contributed by atoms with Crippen LogP contribution in [0, 0.1) is 12.3 Å². The number of benzene rings is 2. The summed E-state index contributed by atoms with van der Waals surface area (Å²) in [5.41, 5.74) is 10.6. The molecule has 3 rings (SSSR count). The summed E-state index contributed by atoms with van der Waals surface area (Å²) in [6.07, 6.45) is 4.60. The lowest BCUT2D eigenvalue weighted by Crippen LogP contribution is -2.13. The van der Waals surface area contributed by atoms with Crippen LogP contribution in [0.25, 0.3) is 22.2 Å². The fraction of sp³-hybridized carbons (Fsp3) is 0.261. The molecule has 0 saturated heterocycles. The van der Waals surface area contributed by atoms with E-state index in [1.54, 1.807) is 6.07 Å². The van der Waals surface area contributed by atoms with Gasteiger partial charge in [-0.1, -0.05) is 18.1 Å². The molecule has 0 atom stereocenters. The fourth-order valence-electron chi connectivity index (χ4n) is 3.35. The van der Waals surface area contributed by atoms with Crippen LogP contribution in [0.15, 0.2) is 42.5 Å². The zero-order valence-electron chi connectivity index (χ0n) is 16.9. The van der Waals surface area contributed by atoms with E-state index >= 15 is 0 Å². The first-order chi connectivity index (χ1) is 13.9. The van der Waals surface area contributed by atoms with Gasteiger partial charge in [0.05, 0.1) is 23.0 Å². The van der Waals surface area contributed by atoms with Gasteiger partial charge >= 0.3 is 6.09 Å². The number of nitrogens with two attached hydrogens (primary N) is 1. The predicted molar refractivity (Wildman–Crippen MR) is 117 cm³/mol. The molecule has 0 aliphatic carbocycles. The maximum atomic E-state index is 11.8. The number of aryl methyl sites for hydroxylation is 1. The molecule has 0 bridgehead atoms. The van der Waals surface area contributed by atoms with Crippen LogP contribution < -0.4 is 15.8 Å². The normalized spacial score (nSPS) is 10.7. The Labute approximate surface area is 170 Å². The zero-order valence-corrected chi connectivity index (χ0v) is 16.9. The Morgan fingerprint density at radius 1 is 1.28 bits per heavy atom. The molecule has 1 aromatic heterocycles. The molecule has 0 aliphatic heterocycles. The number of nitrogens with zero attached hydrogens (tertiary/aromatic N) is 1. The maximum Gasteiger partial charge on any atom is 0.412 e. The number of ether oxygens (including phenoxy) is 2. The smallest absolute Gasteiger partial charge is 0.412 e. The quantitative estimate of drug-likeness (QED) is 0.587. The third-order valence-electron chi connectivity index (χ3n) is 4.43. The Kier molecular flexibility index (Phi) is 5.99. The molecule has 0 radical (unpaired) electrons. The van der Waals surface area contributed by atoms with Crippen LogP contribution >= 0.6 is 0 Å². The summed E-state index contributed by atoms with van der Waals surface area (Å²) in [7, 11) is 0. The van der Waals surface area contributed by atoms with Crippen LogP contribution in [0.2, 0.25) is 0 Å². The predicted octanol–water partition coefficient (Wildman–Crippen LogP) is 4.88. The summed E-state index contributed by atoms with van der Waals surface area (Å²) in [6, 6.07) is 13.4. The summed E-state index contributed by atoms with van der Waals surface area (Å²) in [6.45, 7) is 6.71. The minimum atomic E-state index is -0.598. The topological polar surface area (TPSA) is 78.5 Å². The second kappa shape index (κ2) is 8.61. The van der Waals surface area contributed by atoms with Crippen molar-refractivity contribution in [3.05, 3.63) is 42.5 Å². The monoisotopic (exact) mass is 391 g/mol. The Balaban J connectivity index is 2.03. The second-order valence-electron chi connectivity index (χ2n) is 6.84. The van der Waals surface area contributed by atoms with E-state index in [9.17, 15) is 4.79 Å². The number of rotatable bonds is 6. The van der Waals surface area contributed by atoms with Crippen LogP contribution in [0.4, 0.5) is 16.2 Å². The highest BCUT2D eigenvalue weighted by atomic mass is 16.5. The lowest BCUT2D eigenvalue weighted by atomic mass is 10.1. The molecule has 0 unspecified atom stereocenters. The van der Waals surface area contributed by atoms with Gasteiger partial charge < -0.3 is 19.8 Å². The van der Waals surface area contributed by atoms with Gasteiger partial charge in [-0.2, -0.15) is 0 Å². The standard InChI is InChI=1S/C23H25N3O3/c1-5-12-28-23(27)25-17-9-7-8-16(13-17)22-21(24)19-11-10-18(29-15(3)4)14-20(19)26(22)6-2/h1,7-11,13-15H,6,12,24H2,2-4H3,(H,25,27). The lowest BCUT2D eigenvalue weighted by molar-refractivity contribution is 0.176. The number of carbonyl (C=O) groups is 1. The van der Waals surface area contributed by atoms with Gasteiger partial charge in [0.2, 0.25) is 0 Å². The number of anilines is 2. The zero-order chi connectivity index (χ0) is 21.0. The van der Waals surface area contributed by atoms with Crippen molar-refractivity contribution in [1.82, 2.24) is 4.57 Å². The average Bonchev–Trinajstić information content (AvgIpc) is 2.97. The van der Waals surface area contributed by atoms with E-state index in [4.69, 9.17) is 21.6 Å². The van der Waals surface area contributed by atoms with Crippen molar-refractivity contribution in [3.63, 3.8) is 0 Å². The maximum absolute atomic E-state index is 11.8. The highest BCUT2D eigenvalue weighted by Crippen LogP contribution is 2.38. The van der Waals surface area contributed by atoms with E-state index in [2.05, 4.69) is 22.7 Å². The molecule has 0 fully saturated rings. The van der Waals surface area contributed by atoms with Gasteiger partial charge in [-0.3, -0.25) is 5.32 Å². The number of hydrogen-bond acceptors (Lipinski definition) is 4. The molecule has 29 heavy (non-hydrogen) atoms. The van der Waals surface area contributed by atoms with E-state index in [1.807, 2.05) is 50.2 Å². The molecule has 0 spiro atoms. The minimum Gasteiger partial charge on any atom is -0.491 e. The molecule has 0 aliphatic rings. The van der Waals surface area contributed by atoms with Crippen LogP contribution in [-0.2, 0) is 11.3 Å². The van der Waals surface area contributed by atoms with E-state index in [1.165, 1.54) is 0 Å². The summed E-state index contributed by atoms with van der Waals surface area (Å²) in [5.74, 6) is 3.07. The summed E-state index contributed by atoms with van der Waals surface area (Å²) >= 11 is 0. The fourth-order valence-corrected chi connectivity index (χ4v) is 3.35. The van der Waals surface area contributed by atoms with Gasteiger partial charge in [0.1, 0.15) is 5.75 Å². The summed E-state index contributed by atoms with van der Waals surface area (Å²) < 4.78 is 12.9. The molecule has 150 valence electrons.